The van der Waals surface area contributed by atoms with E-state index in [2.05, 4.69) is 44.2 Å². The minimum Gasteiger partial charge on any atom is -0.371 e. The van der Waals surface area contributed by atoms with Crippen LogP contribution < -0.4 is 9.21 Å². The van der Waals surface area contributed by atoms with Gasteiger partial charge in [-0.3, -0.25) is 4.79 Å². The monoisotopic (exact) mass is 901 g/mol. The standard InChI is InChI=1S/C43H58F3N5O7SSi2/c1-60(2,3)23-21-55-29-49-28-36(35-25-32(26-47-42(35)49)31-7-9-34(10-8-31)48-17-14-43(15-18-48)57-19-20-58-43)41(52)39-37(45)11-12-38(40(39)46)51(30-56-22-24-61(4,5)6)59(53,54)50-16-13-33(44)27-50/h7-12,25-26,28,33H,13-24,27,29-30H2,1-6H3. The fraction of sp³-hybridized carbons (Fsp3) is 0.535. The number of piperidine rings is 1. The number of anilines is 2. The number of aromatic nitrogens is 2. The number of halogens is 3. The van der Waals surface area contributed by atoms with Crippen molar-refractivity contribution >= 4 is 54.5 Å². The minimum atomic E-state index is -4.55. The highest BCUT2D eigenvalue weighted by molar-refractivity contribution is 7.90. The lowest BCUT2D eigenvalue weighted by Crippen LogP contribution is -2.45. The van der Waals surface area contributed by atoms with E-state index in [4.69, 9.17) is 23.9 Å². The predicted molar refractivity (Wildman–Crippen MR) is 237 cm³/mol. The lowest BCUT2D eigenvalue weighted by molar-refractivity contribution is -0.169. The van der Waals surface area contributed by atoms with Crippen LogP contribution in [0.3, 0.4) is 0 Å². The Balaban J connectivity index is 1.22. The molecule has 2 aromatic carbocycles. The number of carbonyl (C=O) groups excluding carboxylic acids is 1. The van der Waals surface area contributed by atoms with Crippen molar-refractivity contribution in [3.8, 4) is 11.1 Å². The number of ether oxygens (including phenoxy) is 4. The van der Waals surface area contributed by atoms with Gasteiger partial charge in [-0.2, -0.15) is 12.7 Å². The van der Waals surface area contributed by atoms with Gasteiger partial charge in [0, 0.05) is 97.4 Å². The summed E-state index contributed by atoms with van der Waals surface area (Å²) in [6.07, 6.45) is 3.30. The highest BCUT2D eigenvalue weighted by atomic mass is 32.2. The number of fused-ring (bicyclic) bond motifs is 1. The Bertz CT molecular complexity index is 2310. The van der Waals surface area contributed by atoms with Crippen LogP contribution in [0.4, 0.5) is 24.5 Å². The van der Waals surface area contributed by atoms with E-state index in [0.29, 0.717) is 46.8 Å². The molecular weight excluding hydrogens is 844 g/mol. The lowest BCUT2D eigenvalue weighted by atomic mass is 9.99. The summed E-state index contributed by atoms with van der Waals surface area (Å²) in [5, 5.41) is 0.340. The zero-order valence-corrected chi connectivity index (χ0v) is 38.8. The van der Waals surface area contributed by atoms with Gasteiger partial charge in [0.25, 0.3) is 0 Å². The van der Waals surface area contributed by atoms with Crippen LogP contribution in [0.5, 0.6) is 0 Å². The SMILES string of the molecule is C[Si](C)(C)CCOCN(c1ccc(F)c(C(=O)c2cn(COCC[Si](C)(C)C)c3ncc(-c4ccc(N5CCC6(CC5)OCCO6)cc4)cc23)c1F)S(=O)(=O)N1CCC(F)C1. The van der Waals surface area contributed by atoms with Crippen molar-refractivity contribution in [3.63, 3.8) is 0 Å². The van der Waals surface area contributed by atoms with Crippen LogP contribution >= 0.6 is 0 Å². The molecule has 1 spiro atoms. The van der Waals surface area contributed by atoms with Gasteiger partial charge in [0.1, 0.15) is 31.1 Å². The summed E-state index contributed by atoms with van der Waals surface area (Å²) in [6, 6.07) is 13.2. The van der Waals surface area contributed by atoms with Crippen molar-refractivity contribution in [1.82, 2.24) is 13.9 Å². The Morgan fingerprint density at radius 3 is 2.20 bits per heavy atom. The molecule has 332 valence electrons. The first-order chi connectivity index (χ1) is 28.8. The number of carbonyl (C=O) groups is 1. The van der Waals surface area contributed by atoms with E-state index in [1.165, 1.54) is 6.20 Å². The second kappa shape index (κ2) is 18.2. The first kappa shape index (κ1) is 45.4. The lowest BCUT2D eigenvalue weighted by Gasteiger charge is -2.38. The van der Waals surface area contributed by atoms with E-state index >= 15 is 8.78 Å². The van der Waals surface area contributed by atoms with Crippen molar-refractivity contribution in [2.75, 3.05) is 68.5 Å². The van der Waals surface area contributed by atoms with Gasteiger partial charge in [-0.25, -0.2) is 22.5 Å². The number of ketones is 1. The zero-order valence-electron chi connectivity index (χ0n) is 36.0. The van der Waals surface area contributed by atoms with E-state index < -0.39 is 80.3 Å². The Morgan fingerprint density at radius 1 is 0.918 bits per heavy atom. The molecule has 12 nitrogen and oxygen atoms in total. The number of hydrogen-bond acceptors (Lipinski definition) is 9. The predicted octanol–water partition coefficient (Wildman–Crippen LogP) is 8.28. The molecule has 1 atom stereocenters. The number of rotatable bonds is 17. The van der Waals surface area contributed by atoms with E-state index in [1.807, 2.05) is 24.3 Å². The maximum absolute atomic E-state index is 16.9. The second-order valence-electron chi connectivity index (χ2n) is 18.6. The molecule has 4 aromatic rings. The number of alkyl halides is 1. The third-order valence-corrected chi connectivity index (χ3v) is 16.8. The van der Waals surface area contributed by atoms with Crippen molar-refractivity contribution in [1.29, 1.82) is 0 Å². The van der Waals surface area contributed by atoms with Crippen molar-refractivity contribution in [2.24, 2.45) is 0 Å². The molecule has 3 fully saturated rings. The molecule has 1 unspecified atom stereocenters. The van der Waals surface area contributed by atoms with Crippen molar-refractivity contribution in [2.45, 2.75) is 89.3 Å². The van der Waals surface area contributed by atoms with E-state index in [-0.39, 0.29) is 31.9 Å². The van der Waals surface area contributed by atoms with Gasteiger partial charge >= 0.3 is 10.2 Å². The van der Waals surface area contributed by atoms with Gasteiger partial charge < -0.3 is 28.4 Å². The fourth-order valence-corrected chi connectivity index (χ4v) is 10.9. The van der Waals surface area contributed by atoms with E-state index in [9.17, 15) is 17.6 Å². The number of hydrogen-bond donors (Lipinski definition) is 0. The molecule has 0 bridgehead atoms. The molecule has 0 radical (unpaired) electrons. The molecule has 61 heavy (non-hydrogen) atoms. The van der Waals surface area contributed by atoms with Crippen LogP contribution in [0.2, 0.25) is 51.4 Å². The van der Waals surface area contributed by atoms with Crippen LogP contribution in [0.1, 0.15) is 35.2 Å². The summed E-state index contributed by atoms with van der Waals surface area (Å²) in [7, 11) is -7.57. The molecule has 5 heterocycles. The van der Waals surface area contributed by atoms with Crippen LogP contribution in [-0.2, 0) is 35.9 Å². The fourth-order valence-electron chi connectivity index (χ4n) is 7.81. The quantitative estimate of drug-likeness (QED) is 0.0447. The summed E-state index contributed by atoms with van der Waals surface area (Å²) in [5.74, 6) is -4.03. The Morgan fingerprint density at radius 2 is 1.57 bits per heavy atom. The van der Waals surface area contributed by atoms with Gasteiger partial charge in [-0.05, 0) is 54.4 Å². The van der Waals surface area contributed by atoms with Crippen molar-refractivity contribution in [3.05, 3.63) is 77.6 Å². The van der Waals surface area contributed by atoms with Crippen molar-refractivity contribution < 1.29 is 45.3 Å². The molecule has 3 aliphatic heterocycles. The zero-order chi connectivity index (χ0) is 43.7. The largest absolute Gasteiger partial charge is 0.371 e. The van der Waals surface area contributed by atoms with Gasteiger partial charge in [-0.15, -0.1) is 0 Å². The normalized spacial score (nSPS) is 18.8. The molecule has 3 aliphatic rings. The van der Waals surface area contributed by atoms with Crippen LogP contribution in [0.25, 0.3) is 22.2 Å². The molecule has 0 aliphatic carbocycles. The molecular formula is C43H58F3N5O7SSi2. The maximum Gasteiger partial charge on any atom is 0.306 e. The third kappa shape index (κ3) is 10.4. The molecule has 2 aromatic heterocycles. The van der Waals surface area contributed by atoms with Crippen LogP contribution in [-0.4, -0.2) is 116 Å². The summed E-state index contributed by atoms with van der Waals surface area (Å²) >= 11 is 0. The molecule has 0 N–H and O–H groups in total. The highest BCUT2D eigenvalue weighted by Crippen LogP contribution is 2.36. The second-order valence-corrected chi connectivity index (χ2v) is 31.7. The summed E-state index contributed by atoms with van der Waals surface area (Å²) in [6.45, 7) is 15.5. The molecule has 0 saturated carbocycles. The smallest absolute Gasteiger partial charge is 0.306 e. The number of pyridine rings is 1. The Labute approximate surface area is 359 Å². The average molecular weight is 902 g/mol. The Kier molecular flexibility index (Phi) is 13.6. The summed E-state index contributed by atoms with van der Waals surface area (Å²) in [5.41, 5.74) is 1.36. The molecule has 7 rings (SSSR count). The van der Waals surface area contributed by atoms with Crippen LogP contribution in [0, 0.1) is 11.6 Å². The average Bonchev–Trinajstić information content (AvgIpc) is 3.95. The van der Waals surface area contributed by atoms with Gasteiger partial charge in [0.05, 0.1) is 30.0 Å². The third-order valence-electron chi connectivity index (χ3n) is 11.6. The summed E-state index contributed by atoms with van der Waals surface area (Å²) < 4.78 is 102. The molecule has 0 amide bonds. The highest BCUT2D eigenvalue weighted by Gasteiger charge is 2.41. The first-order valence-corrected chi connectivity index (χ1v) is 29.9. The Hall–Kier alpha value is -3.63. The summed E-state index contributed by atoms with van der Waals surface area (Å²) in [4.78, 5) is 21.6. The maximum atomic E-state index is 16.9. The molecule has 18 heteroatoms. The topological polar surface area (TPSA) is 116 Å². The van der Waals surface area contributed by atoms with Gasteiger partial charge in [0.2, 0.25) is 5.78 Å². The minimum absolute atomic E-state index is 0.0179. The van der Waals surface area contributed by atoms with Crippen LogP contribution in [0.15, 0.2) is 54.9 Å². The first-order valence-electron chi connectivity index (χ1n) is 21.1. The number of benzene rings is 2. The number of nitrogens with zero attached hydrogens (tertiary/aromatic N) is 5. The van der Waals surface area contributed by atoms with Gasteiger partial charge in [0.15, 0.2) is 11.6 Å². The molecule has 3 saturated heterocycles. The van der Waals surface area contributed by atoms with E-state index in [0.717, 1.165) is 59.7 Å². The van der Waals surface area contributed by atoms with E-state index in [1.54, 1.807) is 16.8 Å². The van der Waals surface area contributed by atoms with Gasteiger partial charge in [-0.1, -0.05) is 51.4 Å².